The van der Waals surface area contributed by atoms with E-state index in [4.69, 9.17) is 12.2 Å². The number of nitrogens with zero attached hydrogens (tertiary/aromatic N) is 2. The Bertz CT molecular complexity index is 1550. The first kappa shape index (κ1) is 20.3. The van der Waals surface area contributed by atoms with Crippen molar-refractivity contribution in [3.05, 3.63) is 87.9 Å². The van der Waals surface area contributed by atoms with E-state index in [-0.39, 0.29) is 24.4 Å². The highest BCUT2D eigenvalue weighted by Crippen LogP contribution is 2.31. The Morgan fingerprint density at radius 2 is 1.88 bits per heavy atom. The molecule has 0 bridgehead atoms. The fraction of sp³-hybridized carbons (Fsp3) is 0.0833. The number of carbonyl (C=O) groups excluding carboxylic acids is 1. The second kappa shape index (κ2) is 8.49. The molecule has 5 rings (SSSR count). The summed E-state index contributed by atoms with van der Waals surface area (Å²) in [6.07, 6.45) is 0.126. The third-order valence-electron chi connectivity index (χ3n) is 5.14. The number of thiazole rings is 1. The summed E-state index contributed by atoms with van der Waals surface area (Å²) in [6.45, 7) is 0.197. The maximum Gasteiger partial charge on any atom is 0.262 e. The van der Waals surface area contributed by atoms with Gasteiger partial charge in [0.25, 0.3) is 5.56 Å². The highest BCUT2D eigenvalue weighted by Gasteiger charge is 2.10. The van der Waals surface area contributed by atoms with Crippen LogP contribution in [0.2, 0.25) is 0 Å². The van der Waals surface area contributed by atoms with Crippen LogP contribution < -0.4 is 10.9 Å². The summed E-state index contributed by atoms with van der Waals surface area (Å²) in [5.74, 6) is -0.194. The Morgan fingerprint density at radius 1 is 1.06 bits per heavy atom. The smallest absolute Gasteiger partial charge is 0.262 e. The number of nitrogens with one attached hydrogen (secondary N) is 2. The number of H-pyrrole nitrogens is 1. The van der Waals surface area contributed by atoms with E-state index in [1.54, 1.807) is 23.5 Å². The first-order valence-corrected chi connectivity index (χ1v) is 11.3. The molecule has 3 aromatic carbocycles. The SMILES string of the molecule is O=C(CCn1c(=S)[nH]c2ccccc2c1=O)Nc1cccc(-c2nc3ccccc3s2)c1. The molecule has 0 atom stereocenters. The number of aromatic nitrogens is 3. The van der Waals surface area contributed by atoms with Gasteiger partial charge in [0, 0.05) is 24.2 Å². The van der Waals surface area contributed by atoms with Gasteiger partial charge in [-0.25, -0.2) is 4.98 Å². The van der Waals surface area contributed by atoms with Crippen molar-refractivity contribution in [3.8, 4) is 10.6 Å². The number of hydrogen-bond donors (Lipinski definition) is 2. The molecule has 0 saturated carbocycles. The molecular weight excluding hydrogens is 440 g/mol. The lowest BCUT2D eigenvalue weighted by atomic mass is 10.2. The van der Waals surface area contributed by atoms with Gasteiger partial charge in [-0.05, 0) is 48.6 Å². The molecule has 6 nitrogen and oxygen atoms in total. The normalized spacial score (nSPS) is 11.1. The number of hydrogen-bond acceptors (Lipinski definition) is 5. The maximum absolute atomic E-state index is 12.7. The second-order valence-corrected chi connectivity index (χ2v) is 8.72. The van der Waals surface area contributed by atoms with Gasteiger partial charge in [-0.3, -0.25) is 14.2 Å². The molecule has 1 amide bonds. The monoisotopic (exact) mass is 458 g/mol. The van der Waals surface area contributed by atoms with Gasteiger partial charge >= 0.3 is 0 Å². The molecule has 0 fully saturated rings. The topological polar surface area (TPSA) is 79.8 Å². The van der Waals surface area contributed by atoms with Gasteiger partial charge in [-0.2, -0.15) is 0 Å². The van der Waals surface area contributed by atoms with Gasteiger partial charge in [0.1, 0.15) is 5.01 Å². The van der Waals surface area contributed by atoms with Crippen molar-refractivity contribution in [1.29, 1.82) is 0 Å². The molecule has 32 heavy (non-hydrogen) atoms. The molecule has 0 aliphatic rings. The Kier molecular flexibility index (Phi) is 5.38. The van der Waals surface area contributed by atoms with E-state index < -0.39 is 0 Å². The summed E-state index contributed by atoms with van der Waals surface area (Å²) in [5.41, 5.74) is 3.07. The third kappa shape index (κ3) is 3.98. The van der Waals surface area contributed by atoms with Crippen molar-refractivity contribution in [2.45, 2.75) is 13.0 Å². The predicted molar refractivity (Wildman–Crippen MR) is 132 cm³/mol. The largest absolute Gasteiger partial charge is 0.332 e. The molecule has 2 heterocycles. The molecule has 0 unspecified atom stereocenters. The first-order valence-electron chi connectivity index (χ1n) is 10.1. The van der Waals surface area contributed by atoms with Crippen molar-refractivity contribution in [2.24, 2.45) is 0 Å². The molecule has 8 heteroatoms. The molecular formula is C24H18N4O2S2. The van der Waals surface area contributed by atoms with Crippen molar-refractivity contribution < 1.29 is 4.79 Å². The average Bonchev–Trinajstić information content (AvgIpc) is 3.23. The average molecular weight is 459 g/mol. The molecule has 2 N–H and O–H groups in total. The molecule has 0 saturated heterocycles. The number of rotatable bonds is 5. The summed E-state index contributed by atoms with van der Waals surface area (Å²) in [7, 11) is 0. The van der Waals surface area contributed by atoms with Crippen LogP contribution in [-0.4, -0.2) is 20.4 Å². The lowest BCUT2D eigenvalue weighted by molar-refractivity contribution is -0.116. The summed E-state index contributed by atoms with van der Waals surface area (Å²) in [5, 5.41) is 4.36. The van der Waals surface area contributed by atoms with E-state index in [1.165, 1.54) is 4.57 Å². The third-order valence-corrected chi connectivity index (χ3v) is 6.55. The molecule has 0 radical (unpaired) electrons. The van der Waals surface area contributed by atoms with Gasteiger partial charge in [-0.1, -0.05) is 36.4 Å². The minimum atomic E-state index is -0.199. The quantitative estimate of drug-likeness (QED) is 0.347. The van der Waals surface area contributed by atoms with Crippen LogP contribution in [0.4, 0.5) is 5.69 Å². The fourth-order valence-electron chi connectivity index (χ4n) is 3.56. The number of carbonyl (C=O) groups is 1. The molecule has 5 aromatic rings. The minimum Gasteiger partial charge on any atom is -0.332 e. The fourth-order valence-corrected chi connectivity index (χ4v) is 4.81. The second-order valence-electron chi connectivity index (χ2n) is 7.30. The first-order chi connectivity index (χ1) is 15.6. The standard InChI is InChI=1S/C24H18N4O2S2/c29-21(12-13-28-23(30)17-8-1-2-9-18(17)27-24(28)31)25-16-7-5-6-15(14-16)22-26-19-10-3-4-11-20(19)32-22/h1-11,14H,12-13H2,(H,25,29)(H,27,31). The van der Waals surface area contributed by atoms with E-state index in [2.05, 4.69) is 15.3 Å². The molecule has 0 aliphatic carbocycles. The summed E-state index contributed by atoms with van der Waals surface area (Å²) >= 11 is 6.93. The van der Waals surface area contributed by atoms with E-state index in [0.717, 1.165) is 20.8 Å². The van der Waals surface area contributed by atoms with Crippen LogP contribution in [0.5, 0.6) is 0 Å². The minimum absolute atomic E-state index is 0.126. The Morgan fingerprint density at radius 3 is 2.75 bits per heavy atom. The van der Waals surface area contributed by atoms with Crippen LogP contribution in [-0.2, 0) is 11.3 Å². The van der Waals surface area contributed by atoms with E-state index >= 15 is 0 Å². The van der Waals surface area contributed by atoms with Gasteiger partial charge in [0.2, 0.25) is 5.91 Å². The van der Waals surface area contributed by atoms with E-state index in [9.17, 15) is 9.59 Å². The zero-order chi connectivity index (χ0) is 22.1. The zero-order valence-corrected chi connectivity index (χ0v) is 18.5. The highest BCUT2D eigenvalue weighted by molar-refractivity contribution is 7.71. The lowest BCUT2D eigenvalue weighted by Crippen LogP contribution is -2.25. The Labute approximate surface area is 192 Å². The lowest BCUT2D eigenvalue weighted by Gasteiger charge is -2.09. The summed E-state index contributed by atoms with van der Waals surface area (Å²) < 4.78 is 2.85. The number of anilines is 1. The van der Waals surface area contributed by atoms with Crippen LogP contribution in [0.3, 0.4) is 0 Å². The predicted octanol–water partition coefficient (Wildman–Crippen LogP) is 5.36. The number of benzene rings is 3. The zero-order valence-electron chi connectivity index (χ0n) is 16.9. The molecule has 158 valence electrons. The van der Waals surface area contributed by atoms with E-state index in [0.29, 0.717) is 21.4 Å². The van der Waals surface area contributed by atoms with Gasteiger partial charge in [-0.15, -0.1) is 11.3 Å². The Hall–Kier alpha value is -3.62. The number of fused-ring (bicyclic) bond motifs is 2. The van der Waals surface area contributed by atoms with Crippen molar-refractivity contribution in [3.63, 3.8) is 0 Å². The number of para-hydroxylation sites is 2. The molecule has 2 aromatic heterocycles. The van der Waals surface area contributed by atoms with Crippen molar-refractivity contribution in [1.82, 2.24) is 14.5 Å². The van der Waals surface area contributed by atoms with Crippen LogP contribution in [0.15, 0.2) is 77.6 Å². The van der Waals surface area contributed by atoms with Gasteiger partial charge in [0.15, 0.2) is 4.77 Å². The van der Waals surface area contributed by atoms with Crippen molar-refractivity contribution >= 4 is 56.3 Å². The van der Waals surface area contributed by atoms with Crippen molar-refractivity contribution in [2.75, 3.05) is 5.32 Å². The number of amides is 1. The van der Waals surface area contributed by atoms with Crippen LogP contribution in [0.1, 0.15) is 6.42 Å². The van der Waals surface area contributed by atoms with Crippen LogP contribution in [0, 0.1) is 4.77 Å². The van der Waals surface area contributed by atoms with E-state index in [1.807, 2.05) is 60.7 Å². The Balaban J connectivity index is 1.32. The number of aromatic amines is 1. The summed E-state index contributed by atoms with van der Waals surface area (Å²) in [4.78, 5) is 33.0. The summed E-state index contributed by atoms with van der Waals surface area (Å²) in [6, 6.07) is 22.8. The van der Waals surface area contributed by atoms with Gasteiger partial charge < -0.3 is 10.3 Å². The molecule has 0 spiro atoms. The highest BCUT2D eigenvalue weighted by atomic mass is 32.1. The van der Waals surface area contributed by atoms with Crippen LogP contribution in [0.25, 0.3) is 31.7 Å². The van der Waals surface area contributed by atoms with Crippen LogP contribution >= 0.6 is 23.6 Å². The maximum atomic E-state index is 12.7. The van der Waals surface area contributed by atoms with Gasteiger partial charge in [0.05, 0.1) is 21.1 Å². The molecule has 0 aliphatic heterocycles.